The van der Waals surface area contributed by atoms with Gasteiger partial charge in [0.2, 0.25) is 0 Å². The van der Waals surface area contributed by atoms with E-state index in [1.807, 2.05) is 30.3 Å². The van der Waals surface area contributed by atoms with Gasteiger partial charge in [-0.3, -0.25) is 14.3 Å². The van der Waals surface area contributed by atoms with E-state index >= 15 is 0 Å². The third kappa shape index (κ3) is 2.64. The minimum atomic E-state index is -0.0333. The van der Waals surface area contributed by atoms with Crippen LogP contribution in [-0.4, -0.2) is 37.6 Å². The topological polar surface area (TPSA) is 71.2 Å². The molecular weight excluding hydrogens is 376 g/mol. The number of para-hydroxylation sites is 1. The Morgan fingerprint density at radius 2 is 1.73 bits per heavy atom. The van der Waals surface area contributed by atoms with Crippen LogP contribution < -0.4 is 5.56 Å². The number of fused-ring (bicyclic) bond motifs is 5. The predicted molar refractivity (Wildman–Crippen MR) is 117 cm³/mol. The van der Waals surface area contributed by atoms with Gasteiger partial charge in [-0.05, 0) is 56.3 Å². The molecule has 150 valence electrons. The number of phenolic OH excluding ortho intramolecular Hbond substituents is 1. The van der Waals surface area contributed by atoms with Crippen molar-refractivity contribution < 1.29 is 5.11 Å². The van der Waals surface area contributed by atoms with Crippen molar-refractivity contribution in [2.75, 3.05) is 13.1 Å². The van der Waals surface area contributed by atoms with Gasteiger partial charge in [0.15, 0.2) is 5.82 Å². The standard InChI is InChI=1S/C24H22N4O2/c29-21-9-8-20-17(18(21)14-27-10-4-1-5-11-27)12-15-13-28-23(22(15)25-20)26-19-7-3-2-6-16(19)24(28)30/h2-3,6-9,12,29H,1,4-5,10-11,13-14H2. The zero-order chi connectivity index (χ0) is 20.2. The van der Waals surface area contributed by atoms with Crippen LogP contribution in [0.15, 0.2) is 47.3 Å². The minimum Gasteiger partial charge on any atom is -0.508 e. The molecule has 4 aromatic rings. The molecule has 2 aliphatic heterocycles. The van der Waals surface area contributed by atoms with Gasteiger partial charge in [0.1, 0.15) is 11.4 Å². The predicted octanol–water partition coefficient (Wildman–Crippen LogP) is 3.66. The third-order valence-electron chi connectivity index (χ3n) is 6.40. The van der Waals surface area contributed by atoms with E-state index < -0.39 is 0 Å². The molecule has 0 unspecified atom stereocenters. The first kappa shape index (κ1) is 17.6. The number of rotatable bonds is 2. The number of benzene rings is 2. The minimum absolute atomic E-state index is 0.0333. The fourth-order valence-electron chi connectivity index (χ4n) is 4.82. The SMILES string of the molecule is O=c1c2ccccc2nc2n1Cc1cc3c(CN4CCCCC4)c(O)ccc3nc1-2. The fourth-order valence-corrected chi connectivity index (χ4v) is 4.82. The van der Waals surface area contributed by atoms with E-state index in [1.165, 1.54) is 19.3 Å². The Morgan fingerprint density at radius 1 is 0.933 bits per heavy atom. The smallest absolute Gasteiger partial charge is 0.262 e. The average molecular weight is 398 g/mol. The lowest BCUT2D eigenvalue weighted by Crippen LogP contribution is -2.29. The quantitative estimate of drug-likeness (QED) is 0.491. The summed E-state index contributed by atoms with van der Waals surface area (Å²) in [4.78, 5) is 25.0. The maximum atomic E-state index is 13.0. The number of hydrogen-bond donors (Lipinski definition) is 1. The Labute approximate surface area is 173 Å². The van der Waals surface area contributed by atoms with Crippen molar-refractivity contribution in [3.05, 3.63) is 63.9 Å². The van der Waals surface area contributed by atoms with E-state index in [0.717, 1.165) is 47.4 Å². The van der Waals surface area contributed by atoms with Gasteiger partial charge in [-0.15, -0.1) is 0 Å². The summed E-state index contributed by atoms with van der Waals surface area (Å²) in [6, 6.07) is 13.1. The highest BCUT2D eigenvalue weighted by atomic mass is 16.3. The number of phenols is 1. The van der Waals surface area contributed by atoms with Gasteiger partial charge in [-0.2, -0.15) is 0 Å². The van der Waals surface area contributed by atoms with Gasteiger partial charge >= 0.3 is 0 Å². The van der Waals surface area contributed by atoms with Crippen LogP contribution in [0.4, 0.5) is 0 Å². The van der Waals surface area contributed by atoms with Crippen molar-refractivity contribution in [3.63, 3.8) is 0 Å². The van der Waals surface area contributed by atoms with Gasteiger partial charge in [-0.1, -0.05) is 18.6 Å². The van der Waals surface area contributed by atoms with Gasteiger partial charge in [0.25, 0.3) is 5.56 Å². The van der Waals surface area contributed by atoms with Crippen LogP contribution in [0.5, 0.6) is 5.75 Å². The summed E-state index contributed by atoms with van der Waals surface area (Å²) in [5, 5.41) is 12.2. The first-order valence-corrected chi connectivity index (χ1v) is 10.6. The molecule has 1 N–H and O–H groups in total. The lowest BCUT2D eigenvalue weighted by atomic mass is 10.0. The second-order valence-electron chi connectivity index (χ2n) is 8.31. The number of likely N-dealkylation sites (tertiary alicyclic amines) is 1. The maximum Gasteiger partial charge on any atom is 0.262 e. The van der Waals surface area contributed by atoms with E-state index in [9.17, 15) is 9.90 Å². The number of nitrogens with zero attached hydrogens (tertiary/aromatic N) is 4. The molecule has 6 nitrogen and oxygen atoms in total. The molecule has 0 amide bonds. The van der Waals surface area contributed by atoms with Gasteiger partial charge in [0.05, 0.1) is 23.0 Å². The Kier molecular flexibility index (Phi) is 3.89. The largest absolute Gasteiger partial charge is 0.508 e. The maximum absolute atomic E-state index is 13.0. The lowest BCUT2D eigenvalue weighted by molar-refractivity contribution is 0.219. The molecule has 2 aliphatic rings. The first-order chi connectivity index (χ1) is 14.7. The number of hydrogen-bond acceptors (Lipinski definition) is 5. The zero-order valence-corrected chi connectivity index (χ0v) is 16.6. The van der Waals surface area contributed by atoms with Crippen LogP contribution in [0.1, 0.15) is 30.4 Å². The second kappa shape index (κ2) is 6.64. The summed E-state index contributed by atoms with van der Waals surface area (Å²) in [6.45, 7) is 3.30. The molecule has 4 heterocycles. The van der Waals surface area contributed by atoms with E-state index in [0.29, 0.717) is 29.0 Å². The molecule has 0 bridgehead atoms. The summed E-state index contributed by atoms with van der Waals surface area (Å²) in [5.41, 5.74) is 4.16. The molecule has 0 aliphatic carbocycles. The summed E-state index contributed by atoms with van der Waals surface area (Å²) in [5.74, 6) is 0.938. The molecule has 0 radical (unpaired) electrons. The van der Waals surface area contributed by atoms with Gasteiger partial charge < -0.3 is 5.11 Å². The first-order valence-electron chi connectivity index (χ1n) is 10.6. The van der Waals surface area contributed by atoms with Crippen molar-refractivity contribution in [2.24, 2.45) is 0 Å². The second-order valence-corrected chi connectivity index (χ2v) is 8.31. The third-order valence-corrected chi connectivity index (χ3v) is 6.40. The molecule has 0 saturated carbocycles. The highest BCUT2D eigenvalue weighted by molar-refractivity contribution is 5.89. The highest BCUT2D eigenvalue weighted by Crippen LogP contribution is 2.35. The van der Waals surface area contributed by atoms with Crippen molar-refractivity contribution in [3.8, 4) is 17.3 Å². The number of aromatic hydroxyl groups is 1. The van der Waals surface area contributed by atoms with E-state index in [1.54, 1.807) is 10.6 Å². The van der Waals surface area contributed by atoms with Crippen LogP contribution >= 0.6 is 0 Å². The zero-order valence-electron chi connectivity index (χ0n) is 16.6. The van der Waals surface area contributed by atoms with Crippen LogP contribution in [0.25, 0.3) is 33.3 Å². The van der Waals surface area contributed by atoms with Crippen LogP contribution in [0.2, 0.25) is 0 Å². The van der Waals surface area contributed by atoms with Crippen LogP contribution in [0.3, 0.4) is 0 Å². The Bertz CT molecular complexity index is 1370. The fraction of sp³-hybridized carbons (Fsp3) is 0.292. The molecule has 2 aromatic heterocycles. The molecule has 6 heteroatoms. The molecule has 1 fully saturated rings. The molecule has 30 heavy (non-hydrogen) atoms. The number of aromatic nitrogens is 3. The lowest BCUT2D eigenvalue weighted by Gasteiger charge is -2.27. The summed E-state index contributed by atoms with van der Waals surface area (Å²) in [7, 11) is 0. The Balaban J connectivity index is 1.51. The molecular formula is C24H22N4O2. The molecule has 0 spiro atoms. The molecule has 1 saturated heterocycles. The van der Waals surface area contributed by atoms with Crippen molar-refractivity contribution in [1.29, 1.82) is 0 Å². The summed E-state index contributed by atoms with van der Waals surface area (Å²) < 4.78 is 1.71. The molecule has 0 atom stereocenters. The van der Waals surface area contributed by atoms with Gasteiger partial charge in [-0.25, -0.2) is 9.97 Å². The van der Waals surface area contributed by atoms with Crippen molar-refractivity contribution >= 4 is 21.8 Å². The highest BCUT2D eigenvalue weighted by Gasteiger charge is 2.25. The molecule has 2 aromatic carbocycles. The number of pyridine rings is 1. The molecule has 6 rings (SSSR count). The summed E-state index contributed by atoms with van der Waals surface area (Å²) >= 11 is 0. The Morgan fingerprint density at radius 3 is 2.60 bits per heavy atom. The van der Waals surface area contributed by atoms with Crippen molar-refractivity contribution in [1.82, 2.24) is 19.4 Å². The van der Waals surface area contributed by atoms with E-state index in [-0.39, 0.29) is 5.56 Å². The van der Waals surface area contributed by atoms with Crippen molar-refractivity contribution in [2.45, 2.75) is 32.4 Å². The van der Waals surface area contributed by atoms with Crippen LogP contribution in [-0.2, 0) is 13.1 Å². The normalized spacial score (nSPS) is 16.1. The monoisotopic (exact) mass is 398 g/mol. The Hall–Kier alpha value is -3.25. The van der Waals surface area contributed by atoms with Crippen LogP contribution in [0, 0.1) is 0 Å². The average Bonchev–Trinajstić information content (AvgIpc) is 3.13. The number of piperidine rings is 1. The van der Waals surface area contributed by atoms with E-state index in [2.05, 4.69) is 11.0 Å². The van der Waals surface area contributed by atoms with E-state index in [4.69, 9.17) is 9.97 Å². The summed E-state index contributed by atoms with van der Waals surface area (Å²) in [6.07, 6.45) is 3.69. The van der Waals surface area contributed by atoms with Gasteiger partial charge in [0, 0.05) is 23.1 Å².